The smallest absolute Gasteiger partial charge is 0.291 e. The monoisotopic (exact) mass is 388 g/mol. The minimum absolute atomic E-state index is 0.0590. The lowest BCUT2D eigenvalue weighted by atomic mass is 10.2. The topological polar surface area (TPSA) is 112 Å². The van der Waals surface area contributed by atoms with Crippen LogP contribution in [0.3, 0.4) is 0 Å². The Morgan fingerprint density at radius 2 is 2.11 bits per heavy atom. The molecule has 0 aliphatic rings. The third-order valence-electron chi connectivity index (χ3n) is 3.83. The van der Waals surface area contributed by atoms with Gasteiger partial charge in [-0.25, -0.2) is 0 Å². The van der Waals surface area contributed by atoms with E-state index in [1.54, 1.807) is 19.2 Å². The Hall–Kier alpha value is -3.26. The van der Waals surface area contributed by atoms with E-state index in [9.17, 15) is 9.59 Å². The van der Waals surface area contributed by atoms with Gasteiger partial charge in [0.05, 0.1) is 16.9 Å². The van der Waals surface area contributed by atoms with Crippen LogP contribution >= 0.6 is 11.6 Å². The van der Waals surface area contributed by atoms with Crippen molar-refractivity contribution in [2.75, 3.05) is 5.32 Å². The molecular weight excluding hydrogens is 372 g/mol. The zero-order valence-corrected chi connectivity index (χ0v) is 15.4. The lowest BCUT2D eigenvalue weighted by molar-refractivity contribution is 0.0992. The van der Waals surface area contributed by atoms with Crippen LogP contribution in [-0.4, -0.2) is 21.6 Å². The number of nitrogens with one attached hydrogen (secondary N) is 1. The highest BCUT2D eigenvalue weighted by atomic mass is 35.5. The molecule has 27 heavy (non-hydrogen) atoms. The molecule has 0 bridgehead atoms. The number of anilines is 1. The summed E-state index contributed by atoms with van der Waals surface area (Å²) < 4.78 is 12.5. The summed E-state index contributed by atoms with van der Waals surface area (Å²) >= 11 is 6.12. The number of rotatable bonds is 6. The summed E-state index contributed by atoms with van der Waals surface area (Å²) in [6.45, 7) is 1.99. The van der Waals surface area contributed by atoms with Gasteiger partial charge in [-0.3, -0.25) is 14.3 Å². The van der Waals surface area contributed by atoms with E-state index in [1.165, 1.54) is 16.9 Å². The molecule has 2 aromatic heterocycles. The second-order valence-corrected chi connectivity index (χ2v) is 6.20. The normalized spacial score (nSPS) is 10.6. The maximum Gasteiger partial charge on any atom is 0.291 e. The summed E-state index contributed by atoms with van der Waals surface area (Å²) in [5, 5.41) is 6.96. The van der Waals surface area contributed by atoms with Crippen molar-refractivity contribution in [3.63, 3.8) is 0 Å². The van der Waals surface area contributed by atoms with Gasteiger partial charge in [0.1, 0.15) is 23.8 Å². The fourth-order valence-electron chi connectivity index (χ4n) is 2.53. The number of ether oxygens (including phenoxy) is 1. The third-order valence-corrected chi connectivity index (χ3v) is 4.13. The van der Waals surface area contributed by atoms with Crippen molar-refractivity contribution >= 4 is 29.1 Å². The van der Waals surface area contributed by atoms with E-state index in [4.69, 9.17) is 26.5 Å². The molecule has 0 atom stereocenters. The van der Waals surface area contributed by atoms with Crippen molar-refractivity contribution in [3.05, 3.63) is 64.3 Å². The molecular formula is C18H17ClN4O4. The number of aryl methyl sites for hydroxylation is 2. The average molecular weight is 389 g/mol. The van der Waals surface area contributed by atoms with Gasteiger partial charge in [-0.15, -0.1) is 0 Å². The van der Waals surface area contributed by atoms with E-state index in [0.717, 1.165) is 5.56 Å². The van der Waals surface area contributed by atoms with E-state index < -0.39 is 11.8 Å². The van der Waals surface area contributed by atoms with E-state index >= 15 is 0 Å². The number of carbonyl (C=O) groups excluding carboxylic acids is 2. The SMILES string of the molecule is Cc1cccc(Cl)c1OCc1ccc(C(=O)Nc2cnn(C)c2C(N)=O)o1. The van der Waals surface area contributed by atoms with E-state index in [1.807, 2.05) is 19.1 Å². The lowest BCUT2D eigenvalue weighted by Gasteiger charge is -2.09. The van der Waals surface area contributed by atoms with E-state index in [-0.39, 0.29) is 23.7 Å². The molecule has 2 amide bonds. The van der Waals surface area contributed by atoms with Gasteiger partial charge in [-0.2, -0.15) is 5.10 Å². The van der Waals surface area contributed by atoms with Crippen molar-refractivity contribution in [1.29, 1.82) is 0 Å². The lowest BCUT2D eigenvalue weighted by Crippen LogP contribution is -2.20. The van der Waals surface area contributed by atoms with Crippen LogP contribution in [0.2, 0.25) is 5.02 Å². The molecule has 0 saturated carbocycles. The summed E-state index contributed by atoms with van der Waals surface area (Å²) in [5.41, 5.74) is 6.48. The van der Waals surface area contributed by atoms with Gasteiger partial charge in [-0.1, -0.05) is 23.7 Å². The number of carbonyl (C=O) groups is 2. The Labute approximate surface area is 159 Å². The number of hydrogen-bond donors (Lipinski definition) is 2. The predicted octanol–water partition coefficient (Wildman–Crippen LogP) is 2.91. The minimum atomic E-state index is -0.700. The van der Waals surface area contributed by atoms with Gasteiger partial charge in [0.15, 0.2) is 5.76 Å². The van der Waals surface area contributed by atoms with Gasteiger partial charge in [0.2, 0.25) is 0 Å². The number of aromatic nitrogens is 2. The van der Waals surface area contributed by atoms with Crippen LogP contribution in [0.5, 0.6) is 5.75 Å². The van der Waals surface area contributed by atoms with Crippen LogP contribution in [0.15, 0.2) is 40.9 Å². The van der Waals surface area contributed by atoms with Crippen LogP contribution in [0.1, 0.15) is 32.4 Å². The summed E-state index contributed by atoms with van der Waals surface area (Å²) in [5.74, 6) is -0.174. The Bertz CT molecular complexity index is 988. The molecule has 3 aromatic rings. The first-order valence-electron chi connectivity index (χ1n) is 7.96. The molecule has 0 spiro atoms. The molecule has 140 valence electrons. The Morgan fingerprint density at radius 3 is 2.81 bits per heavy atom. The van der Waals surface area contributed by atoms with Crippen LogP contribution in [0.25, 0.3) is 0 Å². The zero-order chi connectivity index (χ0) is 19.6. The standard InChI is InChI=1S/C18H17ClN4O4/c1-10-4-3-5-12(19)16(10)26-9-11-6-7-14(27-11)18(25)22-13-8-21-23(2)15(13)17(20)24/h3-8H,9H2,1-2H3,(H2,20,24)(H,22,25). The minimum Gasteiger partial charge on any atom is -0.484 e. The Morgan fingerprint density at radius 1 is 1.33 bits per heavy atom. The highest BCUT2D eigenvalue weighted by Crippen LogP contribution is 2.28. The molecule has 9 heteroatoms. The second kappa shape index (κ2) is 7.55. The molecule has 8 nitrogen and oxygen atoms in total. The highest BCUT2D eigenvalue weighted by Gasteiger charge is 2.19. The van der Waals surface area contributed by atoms with Crippen molar-refractivity contribution in [1.82, 2.24) is 9.78 Å². The Balaban J connectivity index is 1.69. The molecule has 0 unspecified atom stereocenters. The van der Waals surface area contributed by atoms with Crippen molar-refractivity contribution in [2.24, 2.45) is 12.8 Å². The number of halogens is 1. The molecule has 0 radical (unpaired) electrons. The van der Waals surface area contributed by atoms with Gasteiger partial charge in [0.25, 0.3) is 11.8 Å². The first kappa shape index (κ1) is 18.5. The molecule has 0 aliphatic heterocycles. The first-order valence-corrected chi connectivity index (χ1v) is 8.34. The number of amides is 2. The van der Waals surface area contributed by atoms with E-state index in [2.05, 4.69) is 10.4 Å². The summed E-state index contributed by atoms with van der Waals surface area (Å²) in [4.78, 5) is 23.8. The third kappa shape index (κ3) is 3.95. The highest BCUT2D eigenvalue weighted by molar-refractivity contribution is 6.32. The van der Waals surface area contributed by atoms with E-state index in [0.29, 0.717) is 16.5 Å². The van der Waals surface area contributed by atoms with Crippen molar-refractivity contribution in [2.45, 2.75) is 13.5 Å². The average Bonchev–Trinajstić information content (AvgIpc) is 3.21. The Kier molecular flexibility index (Phi) is 5.18. The molecule has 0 saturated heterocycles. The molecule has 3 N–H and O–H groups in total. The van der Waals surface area contributed by atoms with Crippen LogP contribution < -0.4 is 15.8 Å². The quantitative estimate of drug-likeness (QED) is 0.674. The fraction of sp³-hybridized carbons (Fsp3) is 0.167. The maximum atomic E-state index is 12.3. The summed E-state index contributed by atoms with van der Waals surface area (Å²) in [7, 11) is 1.55. The molecule has 2 heterocycles. The number of primary amides is 1. The predicted molar refractivity (Wildman–Crippen MR) is 98.9 cm³/mol. The van der Waals surface area contributed by atoms with Crippen molar-refractivity contribution < 1.29 is 18.7 Å². The zero-order valence-electron chi connectivity index (χ0n) is 14.7. The van der Waals surface area contributed by atoms with Crippen LogP contribution in [0.4, 0.5) is 5.69 Å². The number of hydrogen-bond acceptors (Lipinski definition) is 5. The number of para-hydroxylation sites is 1. The molecule has 0 fully saturated rings. The van der Waals surface area contributed by atoms with Crippen LogP contribution in [0, 0.1) is 6.92 Å². The first-order chi connectivity index (χ1) is 12.9. The number of benzene rings is 1. The summed E-state index contributed by atoms with van der Waals surface area (Å²) in [6, 6.07) is 8.58. The van der Waals surface area contributed by atoms with Crippen LogP contribution in [-0.2, 0) is 13.7 Å². The maximum absolute atomic E-state index is 12.3. The van der Waals surface area contributed by atoms with Crippen molar-refractivity contribution in [3.8, 4) is 5.75 Å². The van der Waals surface area contributed by atoms with Gasteiger partial charge in [0, 0.05) is 7.05 Å². The van der Waals surface area contributed by atoms with Gasteiger partial charge < -0.3 is 20.2 Å². The largest absolute Gasteiger partial charge is 0.484 e. The number of nitrogens with zero attached hydrogens (tertiary/aromatic N) is 2. The van der Waals surface area contributed by atoms with Gasteiger partial charge in [-0.05, 0) is 30.7 Å². The second-order valence-electron chi connectivity index (χ2n) is 5.79. The number of furan rings is 1. The molecule has 1 aromatic carbocycles. The molecule has 0 aliphatic carbocycles. The molecule has 3 rings (SSSR count). The summed E-state index contributed by atoms with van der Waals surface area (Å²) in [6.07, 6.45) is 1.34. The fourth-order valence-corrected chi connectivity index (χ4v) is 2.80. The van der Waals surface area contributed by atoms with Gasteiger partial charge >= 0.3 is 0 Å². The number of nitrogens with two attached hydrogens (primary N) is 1.